The second kappa shape index (κ2) is 20.7. The molecule has 68 heavy (non-hydrogen) atoms. The molecule has 6 aliphatic rings. The van der Waals surface area contributed by atoms with E-state index in [-0.39, 0.29) is 66.3 Å². The largest absolute Gasteiger partial charge is 0.875 e. The van der Waals surface area contributed by atoms with E-state index in [4.69, 9.17) is 16.2 Å². The van der Waals surface area contributed by atoms with Gasteiger partial charge in [-0.2, -0.15) is 0 Å². The van der Waals surface area contributed by atoms with E-state index in [0.29, 0.717) is 84.1 Å². The van der Waals surface area contributed by atoms with Gasteiger partial charge in [-0.25, -0.2) is 0 Å². The van der Waals surface area contributed by atoms with Crippen LogP contribution in [0.25, 0.3) is 0 Å². The number of benzene rings is 3. The molecular weight excluding hydrogens is 895 g/mol. The summed E-state index contributed by atoms with van der Waals surface area (Å²) in [5.41, 5.74) is 18.8. The highest BCUT2D eigenvalue weighted by molar-refractivity contribution is 8.76. The molecule has 0 saturated heterocycles. The zero-order valence-corrected chi connectivity index (χ0v) is 40.0. The molecule has 358 valence electrons. The summed E-state index contributed by atoms with van der Waals surface area (Å²) in [6, 6.07) is 14.5. The number of hydrogen-bond donors (Lipinski definition) is 7. The number of aromatic hydroxyl groups is 2. The molecule has 11 nitrogen and oxygen atoms in total. The maximum atomic E-state index is 14.2. The number of fused-ring (bicyclic) bond motifs is 10. The summed E-state index contributed by atoms with van der Waals surface area (Å²) in [5.74, 6) is 7.64. The molecule has 2 saturated carbocycles. The summed E-state index contributed by atoms with van der Waals surface area (Å²) in [4.78, 5) is 18.2. The number of nitrogens with two attached hydrogens (primary N) is 2. The van der Waals surface area contributed by atoms with Crippen molar-refractivity contribution in [1.82, 2.24) is 0 Å². The fourth-order valence-corrected chi connectivity index (χ4v) is 14.4. The van der Waals surface area contributed by atoms with Crippen LogP contribution in [-0.4, -0.2) is 68.2 Å². The normalized spacial score (nSPS) is 29.4. The Bertz CT molecular complexity index is 2630. The molecule has 0 spiro atoms. The molecule has 4 aliphatic carbocycles. The lowest BCUT2D eigenvalue weighted by Gasteiger charge is -2.46. The zero-order valence-electron chi connectivity index (χ0n) is 38.3. The Labute approximate surface area is 407 Å². The summed E-state index contributed by atoms with van der Waals surface area (Å²) >= 11 is 0. The van der Waals surface area contributed by atoms with E-state index in [1.54, 1.807) is 64.2 Å². The smallest absolute Gasteiger partial charge is 0.161 e. The van der Waals surface area contributed by atoms with Crippen molar-refractivity contribution in [3.63, 3.8) is 0 Å². The highest BCUT2D eigenvalue weighted by atomic mass is 33.1. The van der Waals surface area contributed by atoms with E-state index in [0.717, 1.165) is 53.5 Å². The van der Waals surface area contributed by atoms with Gasteiger partial charge in [-0.15, -0.1) is 5.76 Å². The van der Waals surface area contributed by atoms with Gasteiger partial charge in [-0.1, -0.05) is 82.3 Å². The Morgan fingerprint density at radius 2 is 1.75 bits per heavy atom. The van der Waals surface area contributed by atoms with Gasteiger partial charge in [-0.05, 0) is 150 Å². The number of allylic oxidation sites excluding steroid dienone is 7. The standard InChI is InChI=1S/C55H63N3O8S2/c56-53(57)44-23-35-3-1-5-47-42(15-19-58-47)50(64)25-45-43(35)24-36(44)31-67-68-32-37-26-55(29-51(37)65,39-10-9-38-4-2-17-54(38,27-39)28-41(61)30-59)18-14-40(60)11-6-33-8-13-49(63)52(22-33)66-20-16-34-7-12-48(62)46(45)21-34/h7-10,12-15,18-19,21-24,37-39,41,45,51,53,59,61-65H,2,4-6,11,16-17,20,25-32,56-57H2/p-1/b18-14+,50-42?/t37-,38+,39-,41-,45+,51+,54-,55+/m0/s1. The number of nitrogens with zero attached hydrogens (tertiary/aromatic N) is 1. The minimum Gasteiger partial charge on any atom is -0.875 e. The highest BCUT2D eigenvalue weighted by Crippen LogP contribution is 2.61. The Balaban J connectivity index is 1.08. The SMILES string of the molecule is NC(N)c1cc2c3cc1CSSC[C@@H]1C[C@]([C@H]4C=C[C@H]5CCC[C@@]5(C[C@H](O)CO)C4)(/C=C/C(=O)CCc4ccc(O)c(c4)OCCc4ccc(O)c(c4)[C@@H]3CC([O-])=C3C=CN=C3CC#C2)C[C@H]1O. The predicted molar refractivity (Wildman–Crippen MR) is 267 cm³/mol. The van der Waals surface area contributed by atoms with Gasteiger partial charge in [-0.3, -0.25) is 9.79 Å². The van der Waals surface area contributed by atoms with Gasteiger partial charge in [0.05, 0.1) is 43.7 Å². The number of aliphatic hydroxyl groups is 3. The topological polar surface area (TPSA) is 215 Å². The number of carbonyl (C=O) groups excluding carboxylic acids is 1. The monoisotopic (exact) mass is 956 g/mol. The number of ketones is 1. The molecule has 8 bridgehead atoms. The van der Waals surface area contributed by atoms with Gasteiger partial charge < -0.3 is 46.8 Å². The first kappa shape index (κ1) is 48.3. The van der Waals surface area contributed by atoms with Gasteiger partial charge in [0.2, 0.25) is 0 Å². The number of ether oxygens (including phenoxy) is 1. The first-order valence-electron chi connectivity index (χ1n) is 24.0. The van der Waals surface area contributed by atoms with Crippen LogP contribution < -0.4 is 21.3 Å². The van der Waals surface area contributed by atoms with E-state index in [2.05, 4.69) is 35.1 Å². The van der Waals surface area contributed by atoms with Crippen LogP contribution >= 0.6 is 21.6 Å². The van der Waals surface area contributed by atoms with E-state index in [1.807, 2.05) is 24.3 Å². The lowest BCUT2D eigenvalue weighted by Crippen LogP contribution is -2.39. The quantitative estimate of drug-likeness (QED) is 0.0581. The maximum Gasteiger partial charge on any atom is 0.161 e. The van der Waals surface area contributed by atoms with Crippen LogP contribution in [0.4, 0.5) is 0 Å². The van der Waals surface area contributed by atoms with Crippen LogP contribution in [0.1, 0.15) is 115 Å². The van der Waals surface area contributed by atoms with Crippen molar-refractivity contribution >= 4 is 33.1 Å². The Kier molecular flexibility index (Phi) is 14.7. The third kappa shape index (κ3) is 10.2. The second-order valence-corrected chi connectivity index (χ2v) is 22.3. The number of carbonyl (C=O) groups is 1. The Morgan fingerprint density at radius 3 is 2.57 bits per heavy atom. The molecule has 2 fully saturated rings. The van der Waals surface area contributed by atoms with Crippen LogP contribution in [0.2, 0.25) is 0 Å². The third-order valence-corrected chi connectivity index (χ3v) is 17.9. The molecule has 8 atom stereocenters. The van der Waals surface area contributed by atoms with Gasteiger partial charge in [0.25, 0.3) is 0 Å². The molecule has 13 heteroatoms. The molecule has 2 heterocycles. The lowest BCUT2D eigenvalue weighted by molar-refractivity contribution is -0.307. The summed E-state index contributed by atoms with van der Waals surface area (Å²) in [6.07, 6.45) is 16.6. The fraction of sp³-hybridized carbons (Fsp3) is 0.455. The fourth-order valence-electron chi connectivity index (χ4n) is 11.9. The molecule has 9 rings (SSSR count). The average molecular weight is 957 g/mol. The molecule has 0 unspecified atom stereocenters. The number of aliphatic hydroxyl groups excluding tert-OH is 3. The van der Waals surface area contributed by atoms with Crippen LogP contribution in [0.15, 0.2) is 101 Å². The van der Waals surface area contributed by atoms with Gasteiger partial charge in [0.15, 0.2) is 17.3 Å². The maximum absolute atomic E-state index is 14.2. The van der Waals surface area contributed by atoms with Crippen molar-refractivity contribution in [2.75, 3.05) is 19.0 Å². The lowest BCUT2D eigenvalue weighted by atomic mass is 9.58. The van der Waals surface area contributed by atoms with Crippen LogP contribution in [0, 0.1) is 40.4 Å². The van der Waals surface area contributed by atoms with E-state index in [1.165, 1.54) is 0 Å². The van der Waals surface area contributed by atoms with Crippen LogP contribution in [0.5, 0.6) is 17.2 Å². The summed E-state index contributed by atoms with van der Waals surface area (Å²) in [5, 5.41) is 69.2. The van der Waals surface area contributed by atoms with Crippen molar-refractivity contribution in [3.8, 4) is 29.1 Å². The molecule has 9 N–H and O–H groups in total. The minimum absolute atomic E-state index is 0.0165. The van der Waals surface area contributed by atoms with Crippen molar-refractivity contribution in [2.24, 2.45) is 45.0 Å². The molecule has 0 amide bonds. The van der Waals surface area contributed by atoms with E-state index in [9.17, 15) is 35.4 Å². The third-order valence-electron chi connectivity index (χ3n) is 15.5. The highest BCUT2D eigenvalue weighted by Gasteiger charge is 2.53. The van der Waals surface area contributed by atoms with Crippen LogP contribution in [-0.2, 0) is 23.4 Å². The number of phenols is 2. The molecular formula is C55H62N3O8S2-. The second-order valence-electron chi connectivity index (χ2n) is 19.8. The molecule has 2 aliphatic heterocycles. The average Bonchev–Trinajstić information content (AvgIpc) is 4.06. The summed E-state index contributed by atoms with van der Waals surface area (Å²) < 4.78 is 6.16. The number of phenolic OH excluding ortho intramolecular Hbond substituents is 2. The minimum atomic E-state index is -0.814. The van der Waals surface area contributed by atoms with Crippen molar-refractivity contribution < 1.29 is 40.2 Å². The van der Waals surface area contributed by atoms with Gasteiger partial charge in [0, 0.05) is 47.6 Å². The number of rotatable bonds is 5. The van der Waals surface area contributed by atoms with Crippen LogP contribution in [0.3, 0.4) is 0 Å². The number of aliphatic imine (C=N–C) groups is 1. The van der Waals surface area contributed by atoms with E-state index >= 15 is 0 Å². The number of aryl methyl sites for hydroxylation is 1. The van der Waals surface area contributed by atoms with Crippen molar-refractivity contribution in [3.05, 3.63) is 135 Å². The summed E-state index contributed by atoms with van der Waals surface area (Å²) in [7, 11) is 3.32. The molecule has 0 radical (unpaired) electrons. The summed E-state index contributed by atoms with van der Waals surface area (Å²) in [6.45, 7) is -0.0736. The van der Waals surface area contributed by atoms with Gasteiger partial charge in [0.1, 0.15) is 5.75 Å². The Morgan fingerprint density at radius 1 is 0.941 bits per heavy atom. The molecule has 0 aromatic heterocycles. The molecule has 3 aromatic rings. The number of hydrogen-bond acceptors (Lipinski definition) is 13. The Hall–Kier alpha value is -4.78. The zero-order chi connectivity index (χ0) is 47.6. The van der Waals surface area contributed by atoms with Crippen molar-refractivity contribution in [2.45, 2.75) is 107 Å². The predicted octanol–water partition coefficient (Wildman–Crippen LogP) is 7.31. The van der Waals surface area contributed by atoms with Crippen molar-refractivity contribution in [1.29, 1.82) is 0 Å². The molecule has 3 aromatic carbocycles. The first-order valence-corrected chi connectivity index (χ1v) is 26.5. The van der Waals surface area contributed by atoms with Gasteiger partial charge >= 0.3 is 0 Å². The first-order chi connectivity index (χ1) is 32.8. The van der Waals surface area contributed by atoms with E-state index < -0.39 is 29.7 Å².